The van der Waals surface area contributed by atoms with Crippen LogP contribution in [0.5, 0.6) is 17.2 Å². The summed E-state index contributed by atoms with van der Waals surface area (Å²) in [6, 6.07) is 0.633. The van der Waals surface area contributed by atoms with Crippen LogP contribution in [-0.4, -0.2) is 17.8 Å². The molecule has 0 radical (unpaired) electrons. The predicted octanol–water partition coefficient (Wildman–Crippen LogP) is 2.77. The molecule has 102 valence electrons. The molecule has 0 aliphatic rings. The average Bonchev–Trinajstić information content (AvgIpc) is 2.08. The fourth-order valence-electron chi connectivity index (χ4n) is 0.974. The van der Waals surface area contributed by atoms with E-state index < -0.39 is 35.7 Å². The molecule has 0 bridgehead atoms. The first-order chi connectivity index (χ1) is 7.98. The normalized spacial score (nSPS) is 12.3. The zero-order valence-electron chi connectivity index (χ0n) is 8.26. The van der Waals surface area contributed by atoms with Crippen LogP contribution in [-0.2, 0) is 0 Å². The van der Waals surface area contributed by atoms with Crippen LogP contribution in [0.2, 0.25) is 0 Å². The van der Waals surface area contributed by atoms with Gasteiger partial charge in [-0.05, 0) is 0 Å². The van der Waals surface area contributed by atoms with E-state index in [9.17, 15) is 26.3 Å². The molecule has 0 atom stereocenters. The fraction of sp³-hybridized carbons (Fsp3) is 0.250. The summed E-state index contributed by atoms with van der Waals surface area (Å²) in [4.78, 5) is 0. The number of nitrogen functional groups attached to an aromatic ring is 1. The number of alkyl halides is 6. The molecular weight excluding hydrogens is 272 g/mol. The molecule has 0 spiro atoms. The molecule has 0 saturated heterocycles. The van der Waals surface area contributed by atoms with Crippen LogP contribution in [0.15, 0.2) is 12.1 Å². The number of rotatable bonds is 2. The largest absolute Gasteiger partial charge is 0.573 e. The van der Waals surface area contributed by atoms with Gasteiger partial charge in [0.2, 0.25) is 0 Å². The van der Waals surface area contributed by atoms with E-state index in [-0.39, 0.29) is 6.07 Å². The zero-order valence-corrected chi connectivity index (χ0v) is 8.26. The molecule has 10 heteroatoms. The Labute approximate surface area is 95.5 Å². The number of nitrogens with two attached hydrogens (primary N) is 1. The Morgan fingerprint density at radius 2 is 1.28 bits per heavy atom. The van der Waals surface area contributed by atoms with Gasteiger partial charge in [0, 0.05) is 12.1 Å². The molecule has 0 saturated carbocycles. The summed E-state index contributed by atoms with van der Waals surface area (Å²) < 4.78 is 78.1. The number of aromatic hydroxyl groups is 1. The predicted molar refractivity (Wildman–Crippen MR) is 45.9 cm³/mol. The summed E-state index contributed by atoms with van der Waals surface area (Å²) in [6.07, 6.45) is -10.5. The van der Waals surface area contributed by atoms with Crippen molar-refractivity contribution in [3.63, 3.8) is 0 Å². The molecule has 0 fully saturated rings. The van der Waals surface area contributed by atoms with Crippen LogP contribution < -0.4 is 15.2 Å². The standard InChI is InChI=1S/C8H5F6NO3/c9-7(10,11)17-5-1-3(15)4(16)2-6(5)18-8(12,13)14/h1-2,16H,15H2. The highest BCUT2D eigenvalue weighted by molar-refractivity contribution is 5.61. The topological polar surface area (TPSA) is 64.7 Å². The third-order valence-electron chi connectivity index (χ3n) is 1.54. The molecule has 0 heterocycles. The van der Waals surface area contributed by atoms with Gasteiger partial charge in [0.05, 0.1) is 5.69 Å². The van der Waals surface area contributed by atoms with E-state index in [1.54, 1.807) is 0 Å². The highest BCUT2D eigenvalue weighted by atomic mass is 19.4. The van der Waals surface area contributed by atoms with Gasteiger partial charge in [0.1, 0.15) is 5.75 Å². The fourth-order valence-corrected chi connectivity index (χ4v) is 0.974. The van der Waals surface area contributed by atoms with Crippen LogP contribution in [0.25, 0.3) is 0 Å². The molecule has 0 aliphatic heterocycles. The molecule has 1 aromatic rings. The van der Waals surface area contributed by atoms with Crippen LogP contribution in [0, 0.1) is 0 Å². The van der Waals surface area contributed by atoms with Crippen molar-refractivity contribution in [1.82, 2.24) is 0 Å². The average molecular weight is 277 g/mol. The minimum absolute atomic E-state index is 0.268. The lowest BCUT2D eigenvalue weighted by Gasteiger charge is -2.16. The van der Waals surface area contributed by atoms with E-state index in [0.29, 0.717) is 6.07 Å². The van der Waals surface area contributed by atoms with Crippen molar-refractivity contribution < 1.29 is 40.9 Å². The summed E-state index contributed by atoms with van der Waals surface area (Å²) in [5, 5.41) is 9.01. The van der Waals surface area contributed by atoms with E-state index in [1.807, 2.05) is 0 Å². The quantitative estimate of drug-likeness (QED) is 0.495. The van der Waals surface area contributed by atoms with Crippen molar-refractivity contribution in [3.05, 3.63) is 12.1 Å². The molecule has 18 heavy (non-hydrogen) atoms. The molecule has 4 nitrogen and oxygen atoms in total. The van der Waals surface area contributed by atoms with Gasteiger partial charge in [-0.2, -0.15) is 0 Å². The van der Waals surface area contributed by atoms with Crippen LogP contribution >= 0.6 is 0 Å². The molecule has 3 N–H and O–H groups in total. The van der Waals surface area contributed by atoms with Crippen molar-refractivity contribution in [3.8, 4) is 17.2 Å². The third kappa shape index (κ3) is 4.11. The molecule has 0 aliphatic carbocycles. The molecule has 0 aromatic heterocycles. The van der Waals surface area contributed by atoms with Crippen molar-refractivity contribution in [2.75, 3.05) is 5.73 Å². The Hall–Kier alpha value is -2.00. The Morgan fingerprint density at radius 1 is 0.889 bits per heavy atom. The Balaban J connectivity index is 3.17. The summed E-state index contributed by atoms with van der Waals surface area (Å²) in [5.74, 6) is -3.54. The Morgan fingerprint density at radius 3 is 1.67 bits per heavy atom. The smallest absolute Gasteiger partial charge is 0.506 e. The minimum atomic E-state index is -5.24. The molecule has 0 amide bonds. The second-order valence-corrected chi connectivity index (χ2v) is 2.95. The molecular formula is C8H5F6NO3. The highest BCUT2D eigenvalue weighted by Gasteiger charge is 2.37. The van der Waals surface area contributed by atoms with Gasteiger partial charge in [-0.15, -0.1) is 26.3 Å². The molecule has 1 aromatic carbocycles. The third-order valence-corrected chi connectivity index (χ3v) is 1.54. The first-order valence-electron chi connectivity index (χ1n) is 4.12. The highest BCUT2D eigenvalue weighted by Crippen LogP contribution is 2.40. The summed E-state index contributed by atoms with van der Waals surface area (Å²) in [6.45, 7) is 0. The summed E-state index contributed by atoms with van der Waals surface area (Å²) >= 11 is 0. The number of benzene rings is 1. The van der Waals surface area contributed by atoms with Crippen molar-refractivity contribution >= 4 is 5.69 Å². The van der Waals surface area contributed by atoms with Crippen molar-refractivity contribution in [2.24, 2.45) is 0 Å². The summed E-state index contributed by atoms with van der Waals surface area (Å²) in [7, 11) is 0. The van der Waals surface area contributed by atoms with Crippen molar-refractivity contribution in [1.29, 1.82) is 0 Å². The van der Waals surface area contributed by atoms with Gasteiger partial charge in [-0.1, -0.05) is 0 Å². The van der Waals surface area contributed by atoms with Crippen LogP contribution in [0.1, 0.15) is 0 Å². The maximum atomic E-state index is 11.9. The number of anilines is 1. The number of halogens is 6. The van der Waals surface area contributed by atoms with Gasteiger partial charge in [-0.25, -0.2) is 0 Å². The second-order valence-electron chi connectivity index (χ2n) is 2.95. The van der Waals surface area contributed by atoms with E-state index in [2.05, 4.69) is 9.47 Å². The van der Waals surface area contributed by atoms with E-state index in [0.717, 1.165) is 0 Å². The number of phenolic OH excluding ortho intramolecular Hbond substituents is 1. The second kappa shape index (κ2) is 4.35. The lowest BCUT2D eigenvalue weighted by Crippen LogP contribution is -2.21. The maximum absolute atomic E-state index is 11.9. The number of hydrogen-bond acceptors (Lipinski definition) is 4. The maximum Gasteiger partial charge on any atom is 0.573 e. The van der Waals surface area contributed by atoms with E-state index in [1.165, 1.54) is 0 Å². The number of ether oxygens (including phenoxy) is 2. The number of phenols is 1. The first kappa shape index (κ1) is 14.1. The lowest BCUT2D eigenvalue weighted by atomic mass is 10.2. The molecule has 1 rings (SSSR count). The van der Waals surface area contributed by atoms with Gasteiger partial charge >= 0.3 is 12.7 Å². The Bertz CT molecular complexity index is 401. The van der Waals surface area contributed by atoms with E-state index >= 15 is 0 Å². The monoisotopic (exact) mass is 277 g/mol. The van der Waals surface area contributed by atoms with Gasteiger partial charge in [0.15, 0.2) is 11.5 Å². The van der Waals surface area contributed by atoms with Crippen LogP contribution in [0.3, 0.4) is 0 Å². The SMILES string of the molecule is Nc1cc(OC(F)(F)F)c(OC(F)(F)F)cc1O. The number of hydrogen-bond donors (Lipinski definition) is 2. The van der Waals surface area contributed by atoms with Crippen molar-refractivity contribution in [2.45, 2.75) is 12.7 Å². The first-order valence-corrected chi connectivity index (χ1v) is 4.12. The van der Waals surface area contributed by atoms with Gasteiger partial charge in [0.25, 0.3) is 0 Å². The van der Waals surface area contributed by atoms with E-state index in [4.69, 9.17) is 10.8 Å². The van der Waals surface area contributed by atoms with Gasteiger partial charge in [-0.3, -0.25) is 0 Å². The van der Waals surface area contributed by atoms with Crippen LogP contribution in [0.4, 0.5) is 32.0 Å². The lowest BCUT2D eigenvalue weighted by molar-refractivity contribution is -0.287. The zero-order chi connectivity index (χ0) is 14.1. The Kier molecular flexibility index (Phi) is 3.40. The summed E-state index contributed by atoms with van der Waals surface area (Å²) in [5.41, 5.74) is 4.44. The van der Waals surface area contributed by atoms with Gasteiger partial charge < -0.3 is 20.3 Å². The minimum Gasteiger partial charge on any atom is -0.506 e. The molecule has 0 unspecified atom stereocenters.